The van der Waals surface area contributed by atoms with Gasteiger partial charge in [0.15, 0.2) is 6.29 Å². The van der Waals surface area contributed by atoms with E-state index in [1.54, 1.807) is 0 Å². The minimum absolute atomic E-state index is 0.0625. The number of rotatable bonds is 6. The van der Waals surface area contributed by atoms with Crippen molar-refractivity contribution in [3.63, 3.8) is 0 Å². The molecule has 0 atom stereocenters. The summed E-state index contributed by atoms with van der Waals surface area (Å²) in [6, 6.07) is 26.4. The number of nitrogens with zero attached hydrogens (tertiary/aromatic N) is 1. The first kappa shape index (κ1) is 20.3. The highest BCUT2D eigenvalue weighted by molar-refractivity contribution is 6.01. The fourth-order valence-electron chi connectivity index (χ4n) is 4.88. The van der Waals surface area contributed by atoms with E-state index in [1.165, 1.54) is 0 Å². The zero-order chi connectivity index (χ0) is 21.9. The van der Waals surface area contributed by atoms with Crippen molar-refractivity contribution in [1.82, 2.24) is 4.57 Å². The van der Waals surface area contributed by atoms with Gasteiger partial charge >= 0.3 is 0 Å². The van der Waals surface area contributed by atoms with Crippen LogP contribution in [0.1, 0.15) is 53.2 Å². The third-order valence-electron chi connectivity index (χ3n) is 6.49. The molecule has 0 spiro atoms. The lowest BCUT2D eigenvalue weighted by atomic mass is 9.98. The Hall–Kier alpha value is -3.66. The zero-order valence-electron chi connectivity index (χ0n) is 17.9. The molecular formula is C28H26N2O2. The van der Waals surface area contributed by atoms with E-state index in [0.717, 1.165) is 59.7 Å². The van der Waals surface area contributed by atoms with Crippen molar-refractivity contribution in [2.24, 2.45) is 5.92 Å². The van der Waals surface area contributed by atoms with Gasteiger partial charge < -0.3 is 9.88 Å². The second-order valence-corrected chi connectivity index (χ2v) is 8.54. The summed E-state index contributed by atoms with van der Waals surface area (Å²) in [5, 5.41) is 3.91. The van der Waals surface area contributed by atoms with Gasteiger partial charge in [0.2, 0.25) is 5.91 Å². The Morgan fingerprint density at radius 3 is 2.12 bits per heavy atom. The van der Waals surface area contributed by atoms with Crippen molar-refractivity contribution in [3.8, 4) is 0 Å². The molecule has 4 aromatic rings. The molecule has 1 N–H and O–H groups in total. The standard InChI is InChI=1S/C28H26N2O2/c31-19-23-18-30(27(20-9-3-1-4-10-20)21-11-5-2-6-12-21)26-16-15-24(17-25(23)26)29-28(32)22-13-7-8-14-22/h1-6,9-12,15-19,22,27H,7-8,13-14H2,(H,29,32). The molecule has 4 heteroatoms. The summed E-state index contributed by atoms with van der Waals surface area (Å²) in [6.45, 7) is 0. The number of nitrogens with one attached hydrogen (secondary N) is 1. The Kier molecular flexibility index (Phi) is 5.59. The molecule has 5 rings (SSSR count). The predicted molar refractivity (Wildman–Crippen MR) is 128 cm³/mol. The molecule has 1 aliphatic rings. The van der Waals surface area contributed by atoms with Gasteiger partial charge in [-0.3, -0.25) is 9.59 Å². The summed E-state index contributed by atoms with van der Waals surface area (Å²) in [5.74, 6) is 0.182. The van der Waals surface area contributed by atoms with Crippen LogP contribution in [0.25, 0.3) is 10.9 Å². The van der Waals surface area contributed by atoms with Crippen LogP contribution >= 0.6 is 0 Å². The molecule has 0 aliphatic heterocycles. The molecule has 160 valence electrons. The molecule has 0 unspecified atom stereocenters. The van der Waals surface area contributed by atoms with Crippen LogP contribution in [0.15, 0.2) is 85.1 Å². The number of benzene rings is 3. The van der Waals surface area contributed by atoms with Gasteiger partial charge in [0.25, 0.3) is 0 Å². The van der Waals surface area contributed by atoms with Crippen molar-refractivity contribution in [3.05, 3.63) is 102 Å². The summed E-state index contributed by atoms with van der Waals surface area (Å²) in [4.78, 5) is 24.6. The van der Waals surface area contributed by atoms with Crippen LogP contribution in [-0.2, 0) is 4.79 Å². The molecule has 4 nitrogen and oxygen atoms in total. The van der Waals surface area contributed by atoms with Crippen molar-refractivity contribution < 1.29 is 9.59 Å². The maximum Gasteiger partial charge on any atom is 0.227 e. The second-order valence-electron chi connectivity index (χ2n) is 8.54. The van der Waals surface area contributed by atoms with Crippen molar-refractivity contribution >= 4 is 28.8 Å². The third kappa shape index (κ3) is 3.84. The number of carbonyl (C=O) groups excluding carboxylic acids is 2. The summed E-state index contributed by atoms with van der Waals surface area (Å²) < 4.78 is 2.16. The highest BCUT2D eigenvalue weighted by atomic mass is 16.1. The summed E-state index contributed by atoms with van der Waals surface area (Å²) in [7, 11) is 0. The molecule has 32 heavy (non-hydrogen) atoms. The summed E-state index contributed by atoms with van der Waals surface area (Å²) in [6.07, 6.45) is 6.98. The number of carbonyl (C=O) groups is 2. The normalized spacial score (nSPS) is 14.2. The SMILES string of the molecule is O=Cc1cn(C(c2ccccc2)c2ccccc2)c2ccc(NC(=O)C3CCCC3)cc12. The van der Waals surface area contributed by atoms with Gasteiger partial charge in [0.1, 0.15) is 0 Å². The lowest BCUT2D eigenvalue weighted by molar-refractivity contribution is -0.119. The van der Waals surface area contributed by atoms with E-state index in [-0.39, 0.29) is 17.9 Å². The lowest BCUT2D eigenvalue weighted by Crippen LogP contribution is -2.20. The van der Waals surface area contributed by atoms with E-state index >= 15 is 0 Å². The van der Waals surface area contributed by atoms with Gasteiger partial charge in [0, 0.05) is 34.3 Å². The molecule has 0 radical (unpaired) electrons. The molecule has 0 bridgehead atoms. The maximum absolute atomic E-state index is 12.6. The van der Waals surface area contributed by atoms with Gasteiger partial charge in [-0.1, -0.05) is 73.5 Å². The molecular weight excluding hydrogens is 396 g/mol. The molecule has 1 heterocycles. The molecule has 3 aromatic carbocycles. The van der Waals surface area contributed by atoms with Gasteiger partial charge in [-0.25, -0.2) is 0 Å². The topological polar surface area (TPSA) is 51.1 Å². The van der Waals surface area contributed by atoms with Gasteiger partial charge in [-0.2, -0.15) is 0 Å². The summed E-state index contributed by atoms with van der Waals surface area (Å²) in [5.41, 5.74) is 4.61. The van der Waals surface area contributed by atoms with E-state index in [0.29, 0.717) is 5.56 Å². The van der Waals surface area contributed by atoms with Crippen LogP contribution in [0, 0.1) is 5.92 Å². The van der Waals surface area contributed by atoms with E-state index < -0.39 is 0 Å². The number of hydrogen-bond acceptors (Lipinski definition) is 2. The van der Waals surface area contributed by atoms with E-state index in [1.807, 2.05) is 60.8 Å². The molecule has 1 saturated carbocycles. The Bertz CT molecular complexity index is 1200. The van der Waals surface area contributed by atoms with Crippen molar-refractivity contribution in [1.29, 1.82) is 0 Å². The first-order valence-electron chi connectivity index (χ1n) is 11.2. The van der Waals surface area contributed by atoms with E-state index in [2.05, 4.69) is 34.1 Å². The van der Waals surface area contributed by atoms with Gasteiger partial charge in [-0.05, 0) is 42.2 Å². The van der Waals surface area contributed by atoms with Crippen LogP contribution in [-0.4, -0.2) is 16.8 Å². The quantitative estimate of drug-likeness (QED) is 0.375. The maximum atomic E-state index is 12.6. The van der Waals surface area contributed by atoms with E-state index in [4.69, 9.17) is 0 Å². The Balaban J connectivity index is 1.58. The highest BCUT2D eigenvalue weighted by Gasteiger charge is 2.24. The van der Waals surface area contributed by atoms with Crippen molar-refractivity contribution in [2.45, 2.75) is 31.7 Å². The van der Waals surface area contributed by atoms with Gasteiger partial charge in [0.05, 0.1) is 6.04 Å². The zero-order valence-corrected chi connectivity index (χ0v) is 17.9. The summed E-state index contributed by atoms with van der Waals surface area (Å²) >= 11 is 0. The highest BCUT2D eigenvalue weighted by Crippen LogP contribution is 2.34. The molecule has 0 saturated heterocycles. The third-order valence-corrected chi connectivity index (χ3v) is 6.49. The number of aldehydes is 1. The smallest absolute Gasteiger partial charge is 0.227 e. The van der Waals surface area contributed by atoms with Crippen LogP contribution < -0.4 is 5.32 Å². The Morgan fingerprint density at radius 2 is 1.53 bits per heavy atom. The predicted octanol–water partition coefficient (Wildman–Crippen LogP) is 6.22. The minimum atomic E-state index is -0.0625. The molecule has 1 aromatic heterocycles. The monoisotopic (exact) mass is 422 g/mol. The average molecular weight is 423 g/mol. The minimum Gasteiger partial charge on any atom is -0.335 e. The van der Waals surface area contributed by atoms with Crippen LogP contribution in [0.4, 0.5) is 5.69 Å². The Labute approximate surface area is 187 Å². The van der Waals surface area contributed by atoms with Gasteiger partial charge in [-0.15, -0.1) is 0 Å². The van der Waals surface area contributed by atoms with Crippen molar-refractivity contribution in [2.75, 3.05) is 5.32 Å². The average Bonchev–Trinajstić information content (AvgIpc) is 3.49. The molecule has 1 fully saturated rings. The number of amides is 1. The lowest BCUT2D eigenvalue weighted by Gasteiger charge is -2.21. The number of fused-ring (bicyclic) bond motifs is 1. The Morgan fingerprint density at radius 1 is 0.906 bits per heavy atom. The molecule has 1 aliphatic carbocycles. The largest absolute Gasteiger partial charge is 0.335 e. The van der Waals surface area contributed by atoms with Crippen LogP contribution in [0.5, 0.6) is 0 Å². The van der Waals surface area contributed by atoms with Crippen LogP contribution in [0.3, 0.4) is 0 Å². The first-order valence-corrected chi connectivity index (χ1v) is 11.2. The first-order chi connectivity index (χ1) is 15.7. The molecule has 1 amide bonds. The number of hydrogen-bond donors (Lipinski definition) is 1. The van der Waals surface area contributed by atoms with E-state index in [9.17, 15) is 9.59 Å². The number of aromatic nitrogens is 1. The number of anilines is 1. The van der Waals surface area contributed by atoms with Crippen LogP contribution in [0.2, 0.25) is 0 Å². The fraction of sp³-hybridized carbons (Fsp3) is 0.214. The second kappa shape index (κ2) is 8.83. The fourth-order valence-corrected chi connectivity index (χ4v) is 4.88.